The molecule has 0 bridgehead atoms. The topological polar surface area (TPSA) is 117 Å². The highest BCUT2D eigenvalue weighted by Crippen LogP contribution is 2.27. The number of benzene rings is 3. The van der Waals surface area contributed by atoms with Crippen LogP contribution in [0.25, 0.3) is 27.7 Å². The summed E-state index contributed by atoms with van der Waals surface area (Å²) < 4.78 is 28.5. The van der Waals surface area contributed by atoms with Crippen LogP contribution in [0.1, 0.15) is 32.1 Å². The Hall–Kier alpha value is -5.72. The summed E-state index contributed by atoms with van der Waals surface area (Å²) in [5.74, 6) is -1.21. The van der Waals surface area contributed by atoms with E-state index in [1.165, 1.54) is 34.9 Å². The van der Waals surface area contributed by atoms with E-state index in [2.05, 4.69) is 4.90 Å². The molecule has 49 heavy (non-hydrogen) atoms. The van der Waals surface area contributed by atoms with E-state index in [1.807, 2.05) is 18.2 Å². The van der Waals surface area contributed by atoms with Crippen molar-refractivity contribution in [2.24, 2.45) is 7.05 Å². The number of aromatic nitrogens is 4. The summed E-state index contributed by atoms with van der Waals surface area (Å²) in [5.41, 5.74) is 2.18. The van der Waals surface area contributed by atoms with Gasteiger partial charge in [-0.05, 0) is 60.2 Å². The number of ketones is 1. The minimum atomic E-state index is -0.570. The number of pyridine rings is 1. The molecule has 7 rings (SSSR count). The van der Waals surface area contributed by atoms with Gasteiger partial charge in [-0.2, -0.15) is 0 Å². The highest BCUT2D eigenvalue weighted by molar-refractivity contribution is 6.09. The Balaban J connectivity index is 1.20. The van der Waals surface area contributed by atoms with Crippen LogP contribution in [-0.2, 0) is 23.1 Å². The number of esters is 1. The molecule has 0 spiro atoms. The predicted molar refractivity (Wildman–Crippen MR) is 181 cm³/mol. The number of halogens is 1. The quantitative estimate of drug-likeness (QED) is 0.169. The van der Waals surface area contributed by atoms with Gasteiger partial charge in [0.15, 0.2) is 5.82 Å². The van der Waals surface area contributed by atoms with Crippen molar-refractivity contribution in [3.63, 3.8) is 0 Å². The van der Waals surface area contributed by atoms with Gasteiger partial charge in [-0.3, -0.25) is 28.0 Å². The lowest BCUT2D eigenvalue weighted by atomic mass is 10.1. The van der Waals surface area contributed by atoms with Crippen molar-refractivity contribution in [1.82, 2.24) is 23.4 Å². The van der Waals surface area contributed by atoms with E-state index < -0.39 is 28.8 Å². The maximum atomic E-state index is 14.1. The molecule has 0 radical (unpaired) electrons. The summed E-state index contributed by atoms with van der Waals surface area (Å²) in [7, 11) is 1.55. The molecule has 0 N–H and O–H groups in total. The third-order valence-electron chi connectivity index (χ3n) is 8.74. The molecular formula is C37H32FN5O6. The van der Waals surface area contributed by atoms with Crippen molar-refractivity contribution >= 4 is 28.2 Å². The van der Waals surface area contributed by atoms with Crippen LogP contribution < -0.4 is 11.2 Å². The van der Waals surface area contributed by atoms with Crippen LogP contribution in [0.2, 0.25) is 0 Å². The Morgan fingerprint density at radius 1 is 0.898 bits per heavy atom. The lowest BCUT2D eigenvalue weighted by molar-refractivity contribution is 0.0195. The van der Waals surface area contributed by atoms with E-state index in [-0.39, 0.29) is 29.9 Å². The van der Waals surface area contributed by atoms with Crippen molar-refractivity contribution in [3.8, 4) is 11.3 Å². The second-order valence-electron chi connectivity index (χ2n) is 11.8. The average Bonchev–Trinajstić information content (AvgIpc) is 3.53. The molecule has 0 saturated carbocycles. The van der Waals surface area contributed by atoms with E-state index in [1.54, 1.807) is 54.0 Å². The maximum absolute atomic E-state index is 14.1. The number of fused-ring (bicyclic) bond motifs is 2. The summed E-state index contributed by atoms with van der Waals surface area (Å²) in [6.45, 7) is 3.75. The number of nitrogens with zero attached hydrogens (tertiary/aromatic N) is 5. The van der Waals surface area contributed by atoms with Gasteiger partial charge in [-0.1, -0.05) is 30.3 Å². The summed E-state index contributed by atoms with van der Waals surface area (Å²) in [6, 6.07) is 22.5. The molecular weight excluding hydrogens is 629 g/mol. The normalized spacial score (nSPS) is 13.6. The average molecular weight is 662 g/mol. The number of aryl methyl sites for hydroxylation is 1. The lowest BCUT2D eigenvalue weighted by Crippen LogP contribution is -2.39. The van der Waals surface area contributed by atoms with Crippen LogP contribution in [0.3, 0.4) is 0 Å². The fraction of sp³-hybridized carbons (Fsp3) is 0.216. The minimum Gasteiger partial charge on any atom is -0.461 e. The molecule has 12 heteroatoms. The molecule has 1 aliphatic rings. The van der Waals surface area contributed by atoms with E-state index in [0.717, 1.165) is 17.7 Å². The number of rotatable bonds is 9. The van der Waals surface area contributed by atoms with E-state index in [0.29, 0.717) is 53.2 Å². The van der Waals surface area contributed by atoms with Crippen molar-refractivity contribution in [2.75, 3.05) is 39.5 Å². The summed E-state index contributed by atoms with van der Waals surface area (Å²) in [6.07, 6.45) is 1.73. The van der Waals surface area contributed by atoms with Gasteiger partial charge in [0, 0.05) is 44.0 Å². The maximum Gasteiger partial charge on any atom is 0.338 e. The van der Waals surface area contributed by atoms with Gasteiger partial charge in [-0.25, -0.2) is 19.0 Å². The second-order valence-corrected chi connectivity index (χ2v) is 11.8. The van der Waals surface area contributed by atoms with E-state index in [9.17, 15) is 23.6 Å². The molecule has 0 atom stereocenters. The molecule has 11 nitrogen and oxygen atoms in total. The zero-order valence-corrected chi connectivity index (χ0v) is 26.7. The monoisotopic (exact) mass is 661 g/mol. The van der Waals surface area contributed by atoms with Crippen LogP contribution >= 0.6 is 0 Å². The van der Waals surface area contributed by atoms with Crippen LogP contribution in [-0.4, -0.2) is 74.6 Å². The fourth-order valence-electron chi connectivity index (χ4n) is 6.08. The van der Waals surface area contributed by atoms with Crippen LogP contribution in [0.15, 0.2) is 101 Å². The molecule has 1 fully saturated rings. The Bertz CT molecular complexity index is 2340. The van der Waals surface area contributed by atoms with Crippen LogP contribution in [0.4, 0.5) is 4.39 Å². The SMILES string of the molecule is Cn1c(=O)n(Cc2ccc(F)cc2)c(=O)c2cc(C(=O)c3nc(-c4cccc(C(=O)OCCN5CCOCC5)c4)c4ccccn34)ccc21. The van der Waals surface area contributed by atoms with Gasteiger partial charge in [-0.15, -0.1) is 0 Å². The molecule has 0 unspecified atom stereocenters. The largest absolute Gasteiger partial charge is 0.461 e. The minimum absolute atomic E-state index is 0.0609. The highest BCUT2D eigenvalue weighted by atomic mass is 19.1. The van der Waals surface area contributed by atoms with E-state index in [4.69, 9.17) is 14.5 Å². The smallest absolute Gasteiger partial charge is 0.338 e. The van der Waals surface area contributed by atoms with Crippen molar-refractivity contribution in [3.05, 3.63) is 140 Å². The van der Waals surface area contributed by atoms with Crippen molar-refractivity contribution in [1.29, 1.82) is 0 Å². The van der Waals surface area contributed by atoms with Crippen molar-refractivity contribution < 1.29 is 23.5 Å². The summed E-state index contributed by atoms with van der Waals surface area (Å²) in [4.78, 5) is 60.7. The molecule has 0 aliphatic carbocycles. The number of morpholine rings is 1. The zero-order chi connectivity index (χ0) is 34.1. The second kappa shape index (κ2) is 13.4. The van der Waals surface area contributed by atoms with Gasteiger partial charge in [0.25, 0.3) is 5.56 Å². The molecule has 3 aromatic heterocycles. The van der Waals surface area contributed by atoms with Gasteiger partial charge in [0.1, 0.15) is 12.4 Å². The Kier molecular flexibility index (Phi) is 8.72. The predicted octanol–water partition coefficient (Wildman–Crippen LogP) is 3.92. The van der Waals surface area contributed by atoms with Gasteiger partial charge in [0.2, 0.25) is 5.78 Å². The first kappa shape index (κ1) is 31.9. The number of imidazole rings is 1. The van der Waals surface area contributed by atoms with Crippen LogP contribution in [0, 0.1) is 5.82 Å². The standard InChI is InChI=1S/C37H32FN5O6/c1-40-30-13-10-26(22-29(30)35(45)43(37(40)47)23-24-8-11-28(38)12-9-24)33(44)34-39-32(31-7-2-3-14-42(31)34)25-5-4-6-27(21-25)36(46)49-20-17-41-15-18-48-19-16-41/h2-14,21-22H,15-20,23H2,1H3. The molecule has 1 saturated heterocycles. The zero-order valence-electron chi connectivity index (χ0n) is 26.7. The van der Waals surface area contributed by atoms with Gasteiger partial charge >= 0.3 is 11.7 Å². The fourth-order valence-corrected chi connectivity index (χ4v) is 6.08. The van der Waals surface area contributed by atoms with Gasteiger partial charge in [0.05, 0.1) is 47.4 Å². The first-order valence-corrected chi connectivity index (χ1v) is 15.9. The number of carbonyl (C=O) groups excluding carboxylic acids is 2. The first-order chi connectivity index (χ1) is 23.8. The van der Waals surface area contributed by atoms with Gasteiger partial charge < -0.3 is 9.47 Å². The summed E-state index contributed by atoms with van der Waals surface area (Å²) in [5, 5.41) is 0.177. The van der Waals surface area contributed by atoms with E-state index >= 15 is 0 Å². The molecule has 1 aliphatic heterocycles. The Labute approximate surface area is 279 Å². The lowest BCUT2D eigenvalue weighted by Gasteiger charge is -2.26. The number of hydrogen-bond acceptors (Lipinski definition) is 8. The molecule has 248 valence electrons. The molecule has 0 amide bonds. The third-order valence-corrected chi connectivity index (χ3v) is 8.74. The molecule has 4 heterocycles. The first-order valence-electron chi connectivity index (χ1n) is 15.9. The number of ether oxygens (including phenoxy) is 2. The van der Waals surface area contributed by atoms with Crippen LogP contribution in [0.5, 0.6) is 0 Å². The molecule has 6 aromatic rings. The Morgan fingerprint density at radius 2 is 1.69 bits per heavy atom. The third kappa shape index (κ3) is 6.31. The molecule has 3 aromatic carbocycles. The number of hydrogen-bond donors (Lipinski definition) is 0. The number of carbonyl (C=O) groups is 2. The summed E-state index contributed by atoms with van der Waals surface area (Å²) >= 11 is 0. The van der Waals surface area contributed by atoms with Crippen molar-refractivity contribution in [2.45, 2.75) is 6.54 Å². The highest BCUT2D eigenvalue weighted by Gasteiger charge is 2.22. The Morgan fingerprint density at radius 3 is 2.49 bits per heavy atom.